The number of carbonyl (C=O) groups is 2. The van der Waals surface area contributed by atoms with Crippen LogP contribution in [0.2, 0.25) is 0 Å². The molecule has 0 aliphatic rings. The Labute approximate surface area is 310 Å². The number of carbonyl (C=O) groups excluding carboxylic acids is 2. The molecule has 0 saturated heterocycles. The summed E-state index contributed by atoms with van der Waals surface area (Å²) in [6.07, 6.45) is 48.2. The van der Waals surface area contributed by atoms with Crippen molar-refractivity contribution in [2.24, 2.45) is 0 Å². The Morgan fingerprint density at radius 2 is 0.900 bits per heavy atom. The summed E-state index contributed by atoms with van der Waals surface area (Å²) in [5.41, 5.74) is 0. The minimum Gasteiger partial charge on any atom is -0.462 e. The third kappa shape index (κ3) is 38.7. The molecule has 0 bridgehead atoms. The van der Waals surface area contributed by atoms with Crippen LogP contribution in [-0.2, 0) is 23.8 Å². The Balaban J connectivity index is 4.17. The second-order valence-corrected chi connectivity index (χ2v) is 13.9. The molecule has 1 atom stereocenters. The predicted molar refractivity (Wildman–Crippen MR) is 215 cm³/mol. The number of esters is 2. The highest BCUT2D eigenvalue weighted by Crippen LogP contribution is 2.13. The molecule has 5 nitrogen and oxygen atoms in total. The smallest absolute Gasteiger partial charge is 0.306 e. The Morgan fingerprint density at radius 1 is 0.460 bits per heavy atom. The van der Waals surface area contributed by atoms with Crippen molar-refractivity contribution in [1.29, 1.82) is 0 Å². The maximum absolute atomic E-state index is 12.6. The van der Waals surface area contributed by atoms with Gasteiger partial charge >= 0.3 is 11.9 Å². The van der Waals surface area contributed by atoms with Crippen LogP contribution in [0.3, 0.4) is 0 Å². The molecule has 0 fully saturated rings. The molecule has 0 radical (unpaired) electrons. The molecule has 0 aromatic carbocycles. The molecule has 5 heteroatoms. The average molecular weight is 701 g/mol. The van der Waals surface area contributed by atoms with Gasteiger partial charge in [0.2, 0.25) is 0 Å². The minimum atomic E-state index is -0.537. The van der Waals surface area contributed by atoms with E-state index < -0.39 is 6.10 Å². The second kappa shape index (κ2) is 41.3. The molecule has 50 heavy (non-hydrogen) atoms. The predicted octanol–water partition coefficient (Wildman–Crippen LogP) is 13.7. The quantitative estimate of drug-likeness (QED) is 0.0364. The molecule has 0 aromatic heterocycles. The van der Waals surface area contributed by atoms with Crippen molar-refractivity contribution in [3.8, 4) is 0 Å². The summed E-state index contributed by atoms with van der Waals surface area (Å²) in [5, 5.41) is 0. The summed E-state index contributed by atoms with van der Waals surface area (Å²) >= 11 is 0. The van der Waals surface area contributed by atoms with E-state index >= 15 is 0 Å². The Bertz CT molecular complexity index is 842. The standard InChI is InChI=1S/C45H80O5/c1-4-7-10-13-16-18-20-21-22-23-24-25-27-28-30-32-35-38-44(46)49-42-43(41-48-40-37-34-15-12-9-6-3)50-45(47)39-36-33-31-29-26-19-17-14-11-8-5-2/h7,10,16,18,21-22,24-25,43H,4-6,8-9,11-15,17,19-20,23,26-42H2,1-3H3/b10-7-,18-16-,22-21-,25-24-. The van der Waals surface area contributed by atoms with Crippen molar-refractivity contribution in [2.45, 2.75) is 207 Å². The lowest BCUT2D eigenvalue weighted by Crippen LogP contribution is -2.30. The third-order valence-corrected chi connectivity index (χ3v) is 8.88. The van der Waals surface area contributed by atoms with Gasteiger partial charge in [0.25, 0.3) is 0 Å². The topological polar surface area (TPSA) is 61.8 Å². The van der Waals surface area contributed by atoms with E-state index in [1.165, 1.54) is 83.5 Å². The first-order valence-corrected chi connectivity index (χ1v) is 21.2. The molecule has 290 valence electrons. The molecular formula is C45H80O5. The van der Waals surface area contributed by atoms with E-state index in [9.17, 15) is 9.59 Å². The number of unbranched alkanes of at least 4 members (excludes halogenated alkanes) is 19. The van der Waals surface area contributed by atoms with Crippen LogP contribution < -0.4 is 0 Å². The Hall–Kier alpha value is -2.14. The van der Waals surface area contributed by atoms with Crippen LogP contribution in [0.4, 0.5) is 0 Å². The van der Waals surface area contributed by atoms with Gasteiger partial charge in [0, 0.05) is 19.4 Å². The zero-order valence-electron chi connectivity index (χ0n) is 33.2. The van der Waals surface area contributed by atoms with Gasteiger partial charge in [-0.25, -0.2) is 0 Å². The van der Waals surface area contributed by atoms with Crippen LogP contribution in [0.15, 0.2) is 48.6 Å². The summed E-state index contributed by atoms with van der Waals surface area (Å²) < 4.78 is 17.1. The summed E-state index contributed by atoms with van der Waals surface area (Å²) in [7, 11) is 0. The molecule has 0 rings (SSSR count). The molecule has 0 aliphatic heterocycles. The van der Waals surface area contributed by atoms with Gasteiger partial charge in [-0.2, -0.15) is 0 Å². The van der Waals surface area contributed by atoms with Gasteiger partial charge < -0.3 is 14.2 Å². The first-order valence-electron chi connectivity index (χ1n) is 21.2. The summed E-state index contributed by atoms with van der Waals surface area (Å²) in [4.78, 5) is 25.1. The zero-order chi connectivity index (χ0) is 36.4. The van der Waals surface area contributed by atoms with Crippen molar-refractivity contribution in [3.63, 3.8) is 0 Å². The lowest BCUT2D eigenvalue weighted by Gasteiger charge is -2.18. The van der Waals surface area contributed by atoms with Crippen LogP contribution in [0, 0.1) is 0 Å². The average Bonchev–Trinajstić information content (AvgIpc) is 3.11. The van der Waals surface area contributed by atoms with E-state index in [1.807, 2.05) is 0 Å². The van der Waals surface area contributed by atoms with E-state index in [2.05, 4.69) is 69.4 Å². The summed E-state index contributed by atoms with van der Waals surface area (Å²) in [6, 6.07) is 0. The minimum absolute atomic E-state index is 0.0746. The van der Waals surface area contributed by atoms with Gasteiger partial charge in [0.15, 0.2) is 6.10 Å². The third-order valence-electron chi connectivity index (χ3n) is 8.88. The fraction of sp³-hybridized carbons (Fsp3) is 0.778. The molecule has 1 unspecified atom stereocenters. The van der Waals surface area contributed by atoms with Crippen molar-refractivity contribution >= 4 is 11.9 Å². The molecule has 0 aromatic rings. The molecule has 0 spiro atoms. The highest BCUT2D eigenvalue weighted by Gasteiger charge is 2.17. The van der Waals surface area contributed by atoms with Crippen LogP contribution in [-0.4, -0.2) is 37.9 Å². The number of rotatable bonds is 38. The molecule has 0 aliphatic carbocycles. The first kappa shape index (κ1) is 47.9. The lowest BCUT2D eigenvalue weighted by molar-refractivity contribution is -0.163. The van der Waals surface area contributed by atoms with E-state index in [4.69, 9.17) is 14.2 Å². The highest BCUT2D eigenvalue weighted by atomic mass is 16.6. The highest BCUT2D eigenvalue weighted by molar-refractivity contribution is 5.70. The molecule has 0 amide bonds. The van der Waals surface area contributed by atoms with Crippen LogP contribution in [0.5, 0.6) is 0 Å². The van der Waals surface area contributed by atoms with Crippen molar-refractivity contribution in [2.75, 3.05) is 19.8 Å². The van der Waals surface area contributed by atoms with Crippen LogP contribution >= 0.6 is 0 Å². The van der Waals surface area contributed by atoms with Crippen LogP contribution in [0.25, 0.3) is 0 Å². The largest absolute Gasteiger partial charge is 0.462 e. The van der Waals surface area contributed by atoms with Crippen molar-refractivity contribution in [3.05, 3.63) is 48.6 Å². The van der Waals surface area contributed by atoms with E-state index in [1.54, 1.807) is 0 Å². The number of ether oxygens (including phenoxy) is 3. The summed E-state index contributed by atoms with van der Waals surface area (Å²) in [5.74, 6) is -0.426. The monoisotopic (exact) mass is 701 g/mol. The molecular weight excluding hydrogens is 620 g/mol. The summed E-state index contributed by atoms with van der Waals surface area (Å²) in [6.45, 7) is 7.64. The van der Waals surface area contributed by atoms with Gasteiger partial charge in [0.05, 0.1) is 6.61 Å². The van der Waals surface area contributed by atoms with Crippen molar-refractivity contribution < 1.29 is 23.8 Å². The fourth-order valence-corrected chi connectivity index (χ4v) is 5.73. The van der Waals surface area contributed by atoms with Crippen LogP contribution in [0.1, 0.15) is 201 Å². The molecule has 0 heterocycles. The Morgan fingerprint density at radius 3 is 1.44 bits per heavy atom. The van der Waals surface area contributed by atoms with E-state index in [0.29, 0.717) is 19.4 Å². The van der Waals surface area contributed by atoms with Gasteiger partial charge in [0.1, 0.15) is 6.61 Å². The number of allylic oxidation sites excluding steroid dienone is 8. The SMILES string of the molecule is CC/C=C\C/C=C\C/C=C\C/C=C\CCCCCCC(=O)OCC(COCCCCCCCC)OC(=O)CCCCCCCCCCCCC. The lowest BCUT2D eigenvalue weighted by atomic mass is 10.1. The van der Waals surface area contributed by atoms with E-state index in [0.717, 1.165) is 83.5 Å². The second-order valence-electron chi connectivity index (χ2n) is 13.9. The Kier molecular flexibility index (Phi) is 39.5. The van der Waals surface area contributed by atoms with Gasteiger partial charge in [-0.05, 0) is 57.8 Å². The maximum Gasteiger partial charge on any atom is 0.306 e. The fourth-order valence-electron chi connectivity index (χ4n) is 5.73. The first-order chi connectivity index (χ1) is 24.6. The van der Waals surface area contributed by atoms with Gasteiger partial charge in [-0.15, -0.1) is 0 Å². The maximum atomic E-state index is 12.6. The molecule has 0 N–H and O–H groups in total. The number of hydrogen-bond donors (Lipinski definition) is 0. The van der Waals surface area contributed by atoms with Crippen molar-refractivity contribution in [1.82, 2.24) is 0 Å². The zero-order valence-corrected chi connectivity index (χ0v) is 33.2. The van der Waals surface area contributed by atoms with Gasteiger partial charge in [-0.3, -0.25) is 9.59 Å². The van der Waals surface area contributed by atoms with E-state index in [-0.39, 0.29) is 25.2 Å². The van der Waals surface area contributed by atoms with Gasteiger partial charge in [-0.1, -0.05) is 179 Å². The normalized spacial score (nSPS) is 12.6. The number of hydrogen-bond acceptors (Lipinski definition) is 5. The molecule has 0 saturated carbocycles.